The number of rotatable bonds is 2. The third-order valence-corrected chi connectivity index (χ3v) is 3.62. The van der Waals surface area contributed by atoms with Gasteiger partial charge in [-0.3, -0.25) is 10.1 Å². The highest BCUT2D eigenvalue weighted by molar-refractivity contribution is 5.88. The molecule has 5 heteroatoms. The van der Waals surface area contributed by atoms with Crippen LogP contribution in [0.2, 0.25) is 0 Å². The van der Waals surface area contributed by atoms with Crippen LogP contribution >= 0.6 is 0 Å². The van der Waals surface area contributed by atoms with Crippen LogP contribution in [0.1, 0.15) is 11.7 Å². The lowest BCUT2D eigenvalue weighted by atomic mass is 10.1. The Balaban J connectivity index is 2.08. The molecule has 0 saturated carbocycles. The third-order valence-electron chi connectivity index (χ3n) is 3.62. The molecule has 19 heavy (non-hydrogen) atoms. The average Bonchev–Trinajstić information content (AvgIpc) is 2.76. The van der Waals surface area contributed by atoms with Crippen molar-refractivity contribution in [3.05, 3.63) is 30.0 Å². The average molecular weight is 259 g/mol. The summed E-state index contributed by atoms with van der Waals surface area (Å²) in [5.41, 5.74) is 2.07. The Labute approximate surface area is 111 Å². The Kier molecular flexibility index (Phi) is 2.91. The van der Waals surface area contributed by atoms with Gasteiger partial charge in [0.05, 0.1) is 7.11 Å². The van der Waals surface area contributed by atoms with Gasteiger partial charge in [-0.1, -0.05) is 0 Å². The highest BCUT2D eigenvalue weighted by Crippen LogP contribution is 2.27. The quantitative estimate of drug-likeness (QED) is 0.844. The van der Waals surface area contributed by atoms with E-state index in [4.69, 9.17) is 4.74 Å². The Bertz CT molecular complexity index is 633. The molecule has 1 aliphatic rings. The van der Waals surface area contributed by atoms with E-state index in [-0.39, 0.29) is 11.9 Å². The zero-order chi connectivity index (χ0) is 13.4. The molecular formula is C14H17N3O2. The first-order chi connectivity index (χ1) is 9.20. The normalized spacial score (nSPS) is 19.5. The second-order valence-corrected chi connectivity index (χ2v) is 4.73. The monoisotopic (exact) mass is 259 g/mol. The molecule has 0 bridgehead atoms. The van der Waals surface area contributed by atoms with Crippen molar-refractivity contribution in [2.75, 3.05) is 20.2 Å². The summed E-state index contributed by atoms with van der Waals surface area (Å²) in [6.07, 6.45) is 0. The van der Waals surface area contributed by atoms with Gasteiger partial charge in [0.2, 0.25) is 5.91 Å². The number of hydrogen-bond acceptors (Lipinski definition) is 3. The number of carbonyl (C=O) groups excluding carboxylic acids is 1. The van der Waals surface area contributed by atoms with Crippen molar-refractivity contribution in [1.29, 1.82) is 0 Å². The van der Waals surface area contributed by atoms with E-state index in [1.807, 2.05) is 31.3 Å². The van der Waals surface area contributed by atoms with Crippen molar-refractivity contribution >= 4 is 16.8 Å². The number of benzene rings is 1. The third kappa shape index (κ3) is 1.96. The van der Waals surface area contributed by atoms with Crippen LogP contribution in [-0.4, -0.2) is 30.7 Å². The lowest BCUT2D eigenvalue weighted by molar-refractivity contribution is -0.124. The standard InChI is InChI=1S/C14H17N3O2/c1-17-11-4-3-10(19-2)7-9(11)8-12(17)13-14(18)16-6-5-15-13/h3-4,7-8,13,15H,5-6H2,1-2H3,(H,16,18). The smallest absolute Gasteiger partial charge is 0.243 e. The number of ether oxygens (including phenoxy) is 1. The molecule has 1 aromatic heterocycles. The Morgan fingerprint density at radius 2 is 2.16 bits per heavy atom. The molecule has 1 amide bonds. The van der Waals surface area contributed by atoms with Gasteiger partial charge in [-0.05, 0) is 24.3 Å². The Morgan fingerprint density at radius 1 is 1.32 bits per heavy atom. The summed E-state index contributed by atoms with van der Waals surface area (Å²) in [4.78, 5) is 11.9. The molecule has 0 aliphatic carbocycles. The van der Waals surface area contributed by atoms with Gasteiger partial charge in [-0.15, -0.1) is 0 Å². The van der Waals surface area contributed by atoms with E-state index < -0.39 is 0 Å². The molecule has 1 unspecified atom stereocenters. The Morgan fingerprint density at radius 3 is 2.89 bits per heavy atom. The van der Waals surface area contributed by atoms with E-state index in [0.29, 0.717) is 6.54 Å². The predicted octanol–water partition coefficient (Wildman–Crippen LogP) is 0.947. The Hall–Kier alpha value is -2.01. The maximum atomic E-state index is 11.9. The summed E-state index contributed by atoms with van der Waals surface area (Å²) < 4.78 is 7.29. The van der Waals surface area contributed by atoms with Crippen LogP contribution in [0.5, 0.6) is 5.75 Å². The van der Waals surface area contributed by atoms with Gasteiger partial charge >= 0.3 is 0 Å². The summed E-state index contributed by atoms with van der Waals surface area (Å²) in [5, 5.41) is 7.22. The van der Waals surface area contributed by atoms with Crippen LogP contribution in [0.3, 0.4) is 0 Å². The molecule has 0 radical (unpaired) electrons. The van der Waals surface area contributed by atoms with Crippen molar-refractivity contribution in [2.45, 2.75) is 6.04 Å². The van der Waals surface area contributed by atoms with E-state index >= 15 is 0 Å². The minimum absolute atomic E-state index is 0.0316. The summed E-state index contributed by atoms with van der Waals surface area (Å²) >= 11 is 0. The summed E-state index contributed by atoms with van der Waals surface area (Å²) in [6.45, 7) is 1.48. The first-order valence-electron chi connectivity index (χ1n) is 6.35. The number of nitrogens with zero attached hydrogens (tertiary/aromatic N) is 1. The zero-order valence-corrected chi connectivity index (χ0v) is 11.1. The van der Waals surface area contributed by atoms with E-state index in [1.54, 1.807) is 7.11 Å². The fourth-order valence-corrected chi connectivity index (χ4v) is 2.59. The highest BCUT2D eigenvalue weighted by atomic mass is 16.5. The van der Waals surface area contributed by atoms with Crippen LogP contribution in [0.25, 0.3) is 10.9 Å². The lowest BCUT2D eigenvalue weighted by Gasteiger charge is -2.24. The van der Waals surface area contributed by atoms with Crippen molar-refractivity contribution in [3.8, 4) is 5.75 Å². The molecule has 2 aromatic rings. The first-order valence-corrected chi connectivity index (χ1v) is 6.35. The van der Waals surface area contributed by atoms with Crippen LogP contribution in [0.4, 0.5) is 0 Å². The fraction of sp³-hybridized carbons (Fsp3) is 0.357. The predicted molar refractivity (Wildman–Crippen MR) is 73.2 cm³/mol. The summed E-state index contributed by atoms with van der Waals surface area (Å²) in [7, 11) is 3.63. The van der Waals surface area contributed by atoms with Crippen molar-refractivity contribution < 1.29 is 9.53 Å². The van der Waals surface area contributed by atoms with Crippen LogP contribution < -0.4 is 15.4 Å². The number of aryl methyl sites for hydroxylation is 1. The van der Waals surface area contributed by atoms with Crippen LogP contribution in [0.15, 0.2) is 24.3 Å². The number of methoxy groups -OCH3 is 1. The van der Waals surface area contributed by atoms with E-state index in [1.165, 1.54) is 0 Å². The molecule has 2 N–H and O–H groups in total. The van der Waals surface area contributed by atoms with Gasteiger partial charge in [-0.2, -0.15) is 0 Å². The highest BCUT2D eigenvalue weighted by Gasteiger charge is 2.26. The minimum atomic E-state index is -0.280. The van der Waals surface area contributed by atoms with Crippen LogP contribution in [0, 0.1) is 0 Å². The topological polar surface area (TPSA) is 55.3 Å². The van der Waals surface area contributed by atoms with Gasteiger partial charge in [-0.25, -0.2) is 0 Å². The minimum Gasteiger partial charge on any atom is -0.497 e. The van der Waals surface area contributed by atoms with Gasteiger partial charge in [0, 0.05) is 36.7 Å². The van der Waals surface area contributed by atoms with Crippen LogP contribution in [-0.2, 0) is 11.8 Å². The van der Waals surface area contributed by atoms with Gasteiger partial charge in [0.25, 0.3) is 0 Å². The van der Waals surface area contributed by atoms with Gasteiger partial charge in [0.15, 0.2) is 0 Å². The molecule has 1 atom stereocenters. The molecule has 1 aromatic carbocycles. The number of nitrogens with one attached hydrogen (secondary N) is 2. The van der Waals surface area contributed by atoms with Gasteiger partial charge < -0.3 is 14.6 Å². The first kappa shape index (κ1) is 12.0. The molecule has 100 valence electrons. The van der Waals surface area contributed by atoms with Crippen molar-refractivity contribution in [3.63, 3.8) is 0 Å². The number of aromatic nitrogens is 1. The second-order valence-electron chi connectivity index (χ2n) is 4.73. The maximum absolute atomic E-state index is 11.9. The molecule has 1 aliphatic heterocycles. The molecule has 5 nitrogen and oxygen atoms in total. The molecule has 2 heterocycles. The number of fused-ring (bicyclic) bond motifs is 1. The summed E-state index contributed by atoms with van der Waals surface area (Å²) in [6, 6.07) is 7.69. The van der Waals surface area contributed by atoms with E-state index in [9.17, 15) is 4.79 Å². The molecule has 1 fully saturated rings. The number of amides is 1. The number of carbonyl (C=O) groups is 1. The lowest BCUT2D eigenvalue weighted by Crippen LogP contribution is -2.47. The van der Waals surface area contributed by atoms with E-state index in [2.05, 4.69) is 15.2 Å². The SMILES string of the molecule is COc1ccc2c(c1)cc(C1NCCNC1=O)n2C. The fourth-order valence-electron chi connectivity index (χ4n) is 2.59. The molecular weight excluding hydrogens is 242 g/mol. The molecule has 3 rings (SSSR count). The maximum Gasteiger partial charge on any atom is 0.243 e. The van der Waals surface area contributed by atoms with Crippen molar-refractivity contribution in [2.24, 2.45) is 7.05 Å². The number of piperazine rings is 1. The number of hydrogen-bond donors (Lipinski definition) is 2. The summed E-state index contributed by atoms with van der Waals surface area (Å²) in [5.74, 6) is 0.856. The molecule has 1 saturated heterocycles. The van der Waals surface area contributed by atoms with Gasteiger partial charge in [0.1, 0.15) is 11.8 Å². The second kappa shape index (κ2) is 4.59. The van der Waals surface area contributed by atoms with Crippen molar-refractivity contribution in [1.82, 2.24) is 15.2 Å². The molecule has 0 spiro atoms. The zero-order valence-electron chi connectivity index (χ0n) is 11.1. The largest absolute Gasteiger partial charge is 0.497 e. The van der Waals surface area contributed by atoms with E-state index in [0.717, 1.165) is 28.9 Å².